The maximum atomic E-state index is 11.4. The quantitative estimate of drug-likeness (QED) is 0.429. The Morgan fingerprint density at radius 3 is 2.76 bits per heavy atom. The number of unbranched alkanes of at least 4 members (excludes halogenated alkanes) is 2. The van der Waals surface area contributed by atoms with E-state index in [1.54, 1.807) is 6.08 Å². The van der Waals surface area contributed by atoms with E-state index in [-0.39, 0.29) is 12.5 Å². The highest BCUT2D eigenvalue weighted by molar-refractivity contribution is 6.48. The predicted molar refractivity (Wildman–Crippen MR) is 64.4 cm³/mol. The average molecular weight is 235 g/mol. The Labute approximate surface area is 101 Å². The van der Waals surface area contributed by atoms with Crippen molar-refractivity contribution in [2.24, 2.45) is 0 Å². The van der Waals surface area contributed by atoms with Gasteiger partial charge in [-0.3, -0.25) is 14.4 Å². The van der Waals surface area contributed by atoms with Crippen LogP contribution in [0.3, 0.4) is 0 Å². The Morgan fingerprint density at radius 2 is 2.06 bits per heavy atom. The van der Waals surface area contributed by atoms with E-state index in [4.69, 9.17) is 0 Å². The van der Waals surface area contributed by atoms with Crippen molar-refractivity contribution in [3.63, 3.8) is 0 Å². The van der Waals surface area contributed by atoms with E-state index in [2.05, 4.69) is 12.2 Å². The molecule has 0 bridgehead atoms. The summed E-state index contributed by atoms with van der Waals surface area (Å²) in [6.07, 6.45) is 7.74. The molecule has 92 valence electrons. The SMILES string of the molecule is CCCCCC(=O)NCC1=CC=CC(=O)C1=O. The van der Waals surface area contributed by atoms with Crippen LogP contribution in [0.5, 0.6) is 0 Å². The van der Waals surface area contributed by atoms with E-state index >= 15 is 0 Å². The molecule has 0 saturated carbocycles. The van der Waals surface area contributed by atoms with E-state index in [9.17, 15) is 14.4 Å². The monoisotopic (exact) mass is 235 g/mol. The fourth-order valence-corrected chi connectivity index (χ4v) is 1.52. The number of rotatable bonds is 6. The van der Waals surface area contributed by atoms with E-state index in [0.29, 0.717) is 12.0 Å². The Morgan fingerprint density at radius 1 is 1.29 bits per heavy atom. The molecule has 1 aliphatic carbocycles. The van der Waals surface area contributed by atoms with Crippen LogP contribution in [-0.4, -0.2) is 24.0 Å². The van der Waals surface area contributed by atoms with E-state index in [1.165, 1.54) is 12.2 Å². The zero-order valence-corrected chi connectivity index (χ0v) is 9.99. The Hall–Kier alpha value is -1.71. The van der Waals surface area contributed by atoms with Gasteiger partial charge < -0.3 is 5.32 Å². The highest BCUT2D eigenvalue weighted by atomic mass is 16.2. The maximum Gasteiger partial charge on any atom is 0.230 e. The van der Waals surface area contributed by atoms with Crippen molar-refractivity contribution < 1.29 is 14.4 Å². The van der Waals surface area contributed by atoms with Crippen molar-refractivity contribution in [2.45, 2.75) is 32.6 Å². The molecule has 0 fully saturated rings. The standard InChI is InChI=1S/C13H17NO3/c1-2-3-4-8-12(16)14-9-10-6-5-7-11(15)13(10)17/h5-7H,2-4,8-9H2,1H3,(H,14,16). The number of ketones is 2. The first kappa shape index (κ1) is 13.4. The summed E-state index contributed by atoms with van der Waals surface area (Å²) in [6, 6.07) is 0. The number of allylic oxidation sites excluding steroid dienone is 3. The zero-order valence-electron chi connectivity index (χ0n) is 9.99. The molecule has 4 heteroatoms. The van der Waals surface area contributed by atoms with Crippen LogP contribution in [0.15, 0.2) is 23.8 Å². The molecule has 1 aliphatic rings. The van der Waals surface area contributed by atoms with Crippen molar-refractivity contribution in [1.29, 1.82) is 0 Å². The number of hydrogen-bond acceptors (Lipinski definition) is 3. The van der Waals surface area contributed by atoms with Crippen LogP contribution in [-0.2, 0) is 14.4 Å². The molecule has 0 aliphatic heterocycles. The van der Waals surface area contributed by atoms with Crippen molar-refractivity contribution in [3.8, 4) is 0 Å². The molecule has 0 unspecified atom stereocenters. The van der Waals surface area contributed by atoms with Crippen LogP contribution < -0.4 is 5.32 Å². The smallest absolute Gasteiger partial charge is 0.230 e. The van der Waals surface area contributed by atoms with Gasteiger partial charge in [0.05, 0.1) is 0 Å². The first-order chi connectivity index (χ1) is 8.15. The van der Waals surface area contributed by atoms with Crippen LogP contribution in [0.25, 0.3) is 0 Å². The molecule has 4 nitrogen and oxygen atoms in total. The molecule has 0 aromatic carbocycles. The zero-order chi connectivity index (χ0) is 12.7. The number of hydrogen-bond donors (Lipinski definition) is 1. The fourth-order valence-electron chi connectivity index (χ4n) is 1.52. The summed E-state index contributed by atoms with van der Waals surface area (Å²) in [5.41, 5.74) is 0.348. The number of carbonyl (C=O) groups is 3. The second-order valence-corrected chi connectivity index (χ2v) is 3.98. The van der Waals surface area contributed by atoms with Gasteiger partial charge in [-0.2, -0.15) is 0 Å². The van der Waals surface area contributed by atoms with Crippen molar-refractivity contribution in [3.05, 3.63) is 23.8 Å². The molecule has 1 rings (SSSR count). The second kappa shape index (κ2) is 6.78. The number of carbonyl (C=O) groups excluding carboxylic acids is 3. The van der Waals surface area contributed by atoms with Crippen LogP contribution in [0, 0.1) is 0 Å². The van der Waals surface area contributed by atoms with Gasteiger partial charge in [-0.25, -0.2) is 0 Å². The van der Waals surface area contributed by atoms with Gasteiger partial charge >= 0.3 is 0 Å². The molecule has 0 heterocycles. The lowest BCUT2D eigenvalue weighted by Crippen LogP contribution is -2.30. The lowest BCUT2D eigenvalue weighted by atomic mass is 10.0. The summed E-state index contributed by atoms with van der Waals surface area (Å²) in [5.74, 6) is -1.13. The van der Waals surface area contributed by atoms with E-state index < -0.39 is 11.6 Å². The van der Waals surface area contributed by atoms with Gasteiger partial charge in [-0.05, 0) is 12.5 Å². The minimum atomic E-state index is -0.527. The molecule has 1 N–H and O–H groups in total. The molecule has 0 radical (unpaired) electrons. The molecule has 0 saturated heterocycles. The van der Waals surface area contributed by atoms with Gasteiger partial charge in [0.1, 0.15) is 0 Å². The predicted octanol–water partition coefficient (Wildman–Crippen LogP) is 1.32. The number of Topliss-reactive ketones (excluding diaryl/α,β-unsaturated/α-hetero) is 1. The highest BCUT2D eigenvalue weighted by Gasteiger charge is 2.18. The molecule has 0 atom stereocenters. The summed E-state index contributed by atoms with van der Waals surface area (Å²) in [4.78, 5) is 33.8. The van der Waals surface area contributed by atoms with Crippen molar-refractivity contribution >= 4 is 17.5 Å². The van der Waals surface area contributed by atoms with Gasteiger partial charge in [0, 0.05) is 18.5 Å². The Kier molecular flexibility index (Phi) is 5.33. The third kappa shape index (κ3) is 4.34. The third-order valence-electron chi connectivity index (χ3n) is 2.54. The largest absolute Gasteiger partial charge is 0.352 e. The summed E-state index contributed by atoms with van der Waals surface area (Å²) in [6.45, 7) is 2.21. The summed E-state index contributed by atoms with van der Waals surface area (Å²) in [5, 5.41) is 2.65. The van der Waals surface area contributed by atoms with Crippen molar-refractivity contribution in [2.75, 3.05) is 6.54 Å². The average Bonchev–Trinajstić information content (AvgIpc) is 2.31. The van der Waals surface area contributed by atoms with Gasteiger partial charge in [-0.1, -0.05) is 31.9 Å². The maximum absolute atomic E-state index is 11.4. The summed E-state index contributed by atoms with van der Waals surface area (Å²) < 4.78 is 0. The van der Waals surface area contributed by atoms with Crippen molar-refractivity contribution in [1.82, 2.24) is 5.32 Å². The van der Waals surface area contributed by atoms with Gasteiger partial charge in [0.25, 0.3) is 0 Å². The van der Waals surface area contributed by atoms with Crippen LogP contribution in [0.4, 0.5) is 0 Å². The number of amides is 1. The fraction of sp³-hybridized carbons (Fsp3) is 0.462. The Balaban J connectivity index is 2.33. The minimum Gasteiger partial charge on any atom is -0.352 e. The van der Waals surface area contributed by atoms with Gasteiger partial charge in [0.15, 0.2) is 0 Å². The van der Waals surface area contributed by atoms with Gasteiger partial charge in [-0.15, -0.1) is 0 Å². The molecular weight excluding hydrogens is 218 g/mol. The van der Waals surface area contributed by atoms with Crippen LogP contribution in [0.1, 0.15) is 32.6 Å². The normalized spacial score (nSPS) is 14.8. The van der Waals surface area contributed by atoms with E-state index in [0.717, 1.165) is 19.3 Å². The molecule has 0 spiro atoms. The first-order valence-corrected chi connectivity index (χ1v) is 5.87. The Bertz CT molecular complexity index is 380. The lowest BCUT2D eigenvalue weighted by Gasteiger charge is -2.08. The summed E-state index contributed by atoms with van der Waals surface area (Å²) >= 11 is 0. The van der Waals surface area contributed by atoms with Crippen LogP contribution in [0.2, 0.25) is 0 Å². The number of nitrogens with one attached hydrogen (secondary N) is 1. The second-order valence-electron chi connectivity index (χ2n) is 3.98. The van der Waals surface area contributed by atoms with Gasteiger partial charge in [0.2, 0.25) is 17.5 Å². The molecular formula is C13H17NO3. The first-order valence-electron chi connectivity index (χ1n) is 5.87. The molecule has 0 aromatic heterocycles. The topological polar surface area (TPSA) is 63.2 Å². The van der Waals surface area contributed by atoms with E-state index in [1.807, 2.05) is 0 Å². The summed E-state index contributed by atoms with van der Waals surface area (Å²) in [7, 11) is 0. The molecule has 17 heavy (non-hydrogen) atoms. The third-order valence-corrected chi connectivity index (χ3v) is 2.54. The highest BCUT2D eigenvalue weighted by Crippen LogP contribution is 2.04. The molecule has 1 amide bonds. The van der Waals surface area contributed by atoms with Crippen LogP contribution >= 0.6 is 0 Å². The molecule has 0 aromatic rings. The lowest BCUT2D eigenvalue weighted by molar-refractivity contribution is -0.131. The minimum absolute atomic E-state index is 0.0749.